The van der Waals surface area contributed by atoms with Gasteiger partial charge >= 0.3 is 0 Å². The summed E-state index contributed by atoms with van der Waals surface area (Å²) in [6, 6.07) is 11.8. The van der Waals surface area contributed by atoms with Gasteiger partial charge in [-0.3, -0.25) is 29.6 Å². The van der Waals surface area contributed by atoms with Crippen LogP contribution < -0.4 is 15.1 Å². The zero-order valence-corrected chi connectivity index (χ0v) is 30.8. The number of alkyl halides is 2. The Balaban J connectivity index is 0.747. The van der Waals surface area contributed by atoms with Crippen molar-refractivity contribution in [2.45, 2.75) is 76.6 Å². The number of fused-ring (bicyclic) bond motifs is 3. The summed E-state index contributed by atoms with van der Waals surface area (Å²) in [4.78, 5) is 65.6. The number of aromatic amines is 2. The molecule has 55 heavy (non-hydrogen) atoms. The largest absolute Gasteiger partial charge is 0.357 e. The van der Waals surface area contributed by atoms with Gasteiger partial charge < -0.3 is 19.7 Å². The van der Waals surface area contributed by atoms with Gasteiger partial charge in [-0.05, 0) is 74.8 Å². The average molecular weight is 751 g/mol. The van der Waals surface area contributed by atoms with E-state index in [4.69, 9.17) is 0 Å². The fraction of sp³-hybridized carbons (Fsp3) is 0.512. The van der Waals surface area contributed by atoms with Crippen molar-refractivity contribution in [3.8, 4) is 11.4 Å². The second-order valence-electron chi connectivity index (χ2n) is 17.0. The Morgan fingerprint density at radius 3 is 2.47 bits per heavy atom. The lowest BCUT2D eigenvalue weighted by Crippen LogP contribution is -2.49. The van der Waals surface area contributed by atoms with E-state index in [2.05, 4.69) is 30.4 Å². The third-order valence-electron chi connectivity index (χ3n) is 14.1. The molecule has 286 valence electrons. The second-order valence-corrected chi connectivity index (χ2v) is 17.0. The topological polar surface area (TPSA) is 147 Å². The van der Waals surface area contributed by atoms with Gasteiger partial charge in [0.25, 0.3) is 5.92 Å². The predicted octanol–water partition coefficient (Wildman–Crippen LogP) is 5.11. The molecule has 14 heteroatoms. The Morgan fingerprint density at radius 2 is 1.73 bits per heavy atom. The number of aromatic nitrogens is 4. The van der Waals surface area contributed by atoms with E-state index in [-0.39, 0.29) is 35.5 Å². The number of carbonyl (C=O) groups excluding carboxylic acids is 4. The number of imide groups is 1. The zero-order chi connectivity index (χ0) is 37.9. The number of hydrogen-bond acceptors (Lipinski definition) is 7. The smallest absolute Gasteiger partial charge is 0.258 e. The van der Waals surface area contributed by atoms with E-state index >= 15 is 0 Å². The Morgan fingerprint density at radius 1 is 0.945 bits per heavy atom. The maximum atomic E-state index is 14.5. The number of pyridine rings is 1. The molecule has 5 fully saturated rings. The summed E-state index contributed by atoms with van der Waals surface area (Å²) in [7, 11) is 0. The van der Waals surface area contributed by atoms with Gasteiger partial charge in [-0.25, -0.2) is 13.8 Å². The first-order chi connectivity index (χ1) is 26.4. The first-order valence-electron chi connectivity index (χ1n) is 19.7. The Kier molecular flexibility index (Phi) is 7.61. The lowest BCUT2D eigenvalue weighted by atomic mass is 9.76. The number of H-pyrrole nitrogens is 2. The van der Waals surface area contributed by atoms with E-state index < -0.39 is 22.7 Å². The Labute approximate surface area is 316 Å². The fourth-order valence-corrected chi connectivity index (χ4v) is 10.3. The third-order valence-corrected chi connectivity index (χ3v) is 14.1. The molecule has 4 amide bonds. The number of likely N-dealkylation sites (tertiary alicyclic amines) is 1. The van der Waals surface area contributed by atoms with Gasteiger partial charge in [-0.1, -0.05) is 19.1 Å². The number of amides is 4. The molecule has 1 unspecified atom stereocenters. The zero-order valence-electron chi connectivity index (χ0n) is 30.8. The van der Waals surface area contributed by atoms with Crippen molar-refractivity contribution in [3.05, 3.63) is 59.4 Å². The highest BCUT2D eigenvalue weighted by atomic mass is 19.3. The number of anilines is 2. The molecule has 4 aliphatic heterocycles. The molecule has 1 spiro atoms. The van der Waals surface area contributed by atoms with Crippen LogP contribution in [0.3, 0.4) is 0 Å². The standard InChI is InChI=1S/C41H44F2N8O4/c1-39-21-31-28(20-32(39)41(39,42)43)35(48-47-31)30-18-24-2-4-26(19-29(24)45-30)51-17-12-40(38(51)55)10-15-50(16-11-40)37(54)23-8-13-49(14-9-23)33-6-3-25(22-44-33)27-5-7-34(52)46-36(27)53/h2-4,6,18-19,22-23,27,32,45H,5,7-17,20-21H2,1H3,(H,47,48)(H,46,52,53)/t27?,32-,39+/m0/s1. The van der Waals surface area contributed by atoms with Crippen LogP contribution in [0, 0.1) is 22.7 Å². The van der Waals surface area contributed by atoms with Crippen LogP contribution in [0.15, 0.2) is 42.6 Å². The van der Waals surface area contributed by atoms with Gasteiger partial charge in [0.05, 0.1) is 17.0 Å². The van der Waals surface area contributed by atoms with E-state index in [0.29, 0.717) is 76.9 Å². The average Bonchev–Trinajstić information content (AvgIpc) is 3.70. The van der Waals surface area contributed by atoms with Crippen LogP contribution in [0.4, 0.5) is 20.3 Å². The molecule has 3 aromatic heterocycles. The summed E-state index contributed by atoms with van der Waals surface area (Å²) < 4.78 is 29.1. The molecule has 7 heterocycles. The van der Waals surface area contributed by atoms with Crippen LogP contribution >= 0.6 is 0 Å². The normalized spacial score (nSPS) is 27.4. The van der Waals surface area contributed by atoms with Crippen molar-refractivity contribution in [1.82, 2.24) is 30.4 Å². The van der Waals surface area contributed by atoms with Crippen LogP contribution in [0.2, 0.25) is 0 Å². The number of hydrogen-bond donors (Lipinski definition) is 3. The highest BCUT2D eigenvalue weighted by Crippen LogP contribution is 2.70. The number of piperidine rings is 3. The van der Waals surface area contributed by atoms with Crippen LogP contribution in [0.1, 0.15) is 74.6 Å². The van der Waals surface area contributed by atoms with Crippen LogP contribution in [-0.4, -0.2) is 87.3 Å². The van der Waals surface area contributed by atoms with Crippen molar-refractivity contribution < 1.29 is 28.0 Å². The summed E-state index contributed by atoms with van der Waals surface area (Å²) in [6.45, 7) is 4.85. The lowest BCUT2D eigenvalue weighted by Gasteiger charge is -2.40. The van der Waals surface area contributed by atoms with Crippen molar-refractivity contribution >= 4 is 46.0 Å². The number of nitrogens with zero attached hydrogens (tertiary/aromatic N) is 5. The predicted molar refractivity (Wildman–Crippen MR) is 199 cm³/mol. The number of nitrogens with one attached hydrogen (secondary N) is 3. The molecule has 3 atom stereocenters. The van der Waals surface area contributed by atoms with Gasteiger partial charge in [-0.15, -0.1) is 0 Å². The summed E-state index contributed by atoms with van der Waals surface area (Å²) in [5.41, 5.74) is 4.16. The Bertz CT molecular complexity index is 2250. The fourth-order valence-electron chi connectivity index (χ4n) is 10.3. The molecule has 4 aromatic rings. The molecule has 0 radical (unpaired) electrons. The minimum absolute atomic E-state index is 0.0666. The number of benzene rings is 1. The molecule has 12 nitrogen and oxygen atoms in total. The molecule has 1 aromatic carbocycles. The first kappa shape index (κ1) is 34.4. The highest BCUT2D eigenvalue weighted by molar-refractivity contribution is 6.02. The SMILES string of the molecule is C[C@@]12Cc3[nH]nc(-c4cc5ccc(N6CCC7(CCN(C(=O)C8CCN(c9ccc(C%10CCC(=O)NC%10=O)cn9)CC8)CC7)C6=O)cc5[nH]4)c3C[C@@H]1C2(F)F. The summed E-state index contributed by atoms with van der Waals surface area (Å²) >= 11 is 0. The molecular formula is C41H44F2N8O4. The number of halogens is 2. The molecule has 4 saturated heterocycles. The molecule has 2 aliphatic carbocycles. The van der Waals surface area contributed by atoms with E-state index in [1.165, 1.54) is 0 Å². The van der Waals surface area contributed by atoms with E-state index in [9.17, 15) is 28.0 Å². The minimum atomic E-state index is -2.65. The monoisotopic (exact) mass is 750 g/mol. The van der Waals surface area contributed by atoms with Gasteiger partial charge in [0.2, 0.25) is 23.6 Å². The maximum absolute atomic E-state index is 14.5. The van der Waals surface area contributed by atoms with Crippen LogP contribution in [0.5, 0.6) is 0 Å². The third kappa shape index (κ3) is 5.33. The van der Waals surface area contributed by atoms with Crippen molar-refractivity contribution in [3.63, 3.8) is 0 Å². The quantitative estimate of drug-likeness (QED) is 0.241. The molecule has 6 aliphatic rings. The van der Waals surface area contributed by atoms with Crippen molar-refractivity contribution in [2.24, 2.45) is 22.7 Å². The number of carbonyl (C=O) groups is 4. The lowest BCUT2D eigenvalue weighted by molar-refractivity contribution is -0.141. The maximum Gasteiger partial charge on any atom is 0.258 e. The van der Waals surface area contributed by atoms with Crippen LogP contribution in [0.25, 0.3) is 22.3 Å². The van der Waals surface area contributed by atoms with E-state index in [0.717, 1.165) is 64.2 Å². The highest BCUT2D eigenvalue weighted by Gasteiger charge is 2.78. The van der Waals surface area contributed by atoms with Gasteiger partial charge in [0.1, 0.15) is 11.5 Å². The van der Waals surface area contributed by atoms with Gasteiger partial charge in [0.15, 0.2) is 0 Å². The van der Waals surface area contributed by atoms with E-state index in [1.54, 1.807) is 13.1 Å². The molecule has 1 saturated carbocycles. The Hall–Kier alpha value is -5.14. The van der Waals surface area contributed by atoms with Crippen molar-refractivity contribution in [2.75, 3.05) is 42.5 Å². The van der Waals surface area contributed by atoms with Crippen molar-refractivity contribution in [1.29, 1.82) is 0 Å². The molecule has 10 rings (SSSR count). The summed E-state index contributed by atoms with van der Waals surface area (Å²) in [6.07, 6.45) is 6.64. The summed E-state index contributed by atoms with van der Waals surface area (Å²) in [5.74, 6) is -3.14. The van der Waals surface area contributed by atoms with Gasteiger partial charge in [-0.2, -0.15) is 5.10 Å². The summed E-state index contributed by atoms with van der Waals surface area (Å²) in [5, 5.41) is 10.9. The van der Waals surface area contributed by atoms with Gasteiger partial charge in [0, 0.05) is 96.9 Å². The van der Waals surface area contributed by atoms with E-state index in [1.807, 2.05) is 46.2 Å². The second kappa shape index (κ2) is 12.2. The molecular weight excluding hydrogens is 706 g/mol. The first-order valence-corrected chi connectivity index (χ1v) is 19.7. The molecule has 3 N–H and O–H groups in total. The minimum Gasteiger partial charge on any atom is -0.357 e. The van der Waals surface area contributed by atoms with Crippen LogP contribution in [-0.2, 0) is 32.0 Å². The number of rotatable bonds is 5. The molecule has 0 bridgehead atoms.